The van der Waals surface area contributed by atoms with Gasteiger partial charge in [-0.05, 0) is 36.3 Å². The highest BCUT2D eigenvalue weighted by atomic mass is 35.5. The van der Waals surface area contributed by atoms with Crippen molar-refractivity contribution in [3.63, 3.8) is 0 Å². The van der Waals surface area contributed by atoms with Crippen LogP contribution in [0.15, 0.2) is 29.3 Å². The number of hydrogen-bond donors (Lipinski definition) is 1. The lowest BCUT2D eigenvalue weighted by atomic mass is 10.2. The number of rotatable bonds is 6. The van der Waals surface area contributed by atoms with E-state index >= 15 is 0 Å². The Labute approximate surface area is 158 Å². The van der Waals surface area contributed by atoms with Crippen molar-refractivity contribution in [3.8, 4) is 5.69 Å². The van der Waals surface area contributed by atoms with E-state index in [0.29, 0.717) is 18.8 Å². The van der Waals surface area contributed by atoms with E-state index in [1.165, 1.54) is 33.8 Å². The molecule has 0 saturated carbocycles. The zero-order valence-electron chi connectivity index (χ0n) is 15.6. The molecule has 0 fully saturated rings. The first-order valence-corrected chi connectivity index (χ1v) is 11.5. The Morgan fingerprint density at radius 1 is 1.35 bits per heavy atom. The summed E-state index contributed by atoms with van der Waals surface area (Å²) in [5.74, 6) is -1.12. The molecule has 142 valence electrons. The van der Waals surface area contributed by atoms with Crippen molar-refractivity contribution in [2.75, 3.05) is 6.61 Å². The molecule has 26 heavy (non-hydrogen) atoms. The molecule has 0 radical (unpaired) electrons. The third-order valence-electron chi connectivity index (χ3n) is 4.77. The molecule has 2 rings (SSSR count). The smallest absolute Gasteiger partial charge is 0.350 e. The van der Waals surface area contributed by atoms with E-state index in [9.17, 15) is 9.59 Å². The molecule has 0 spiro atoms. The summed E-state index contributed by atoms with van der Waals surface area (Å²) < 4.78 is 8.72. The summed E-state index contributed by atoms with van der Waals surface area (Å²) >= 11 is 5.97. The van der Waals surface area contributed by atoms with E-state index in [1.54, 1.807) is 0 Å². The van der Waals surface area contributed by atoms with Gasteiger partial charge in [0.25, 0.3) is 0 Å². The molecule has 1 aromatic carbocycles. The summed E-state index contributed by atoms with van der Waals surface area (Å²) in [5, 5.41) is 13.3. The minimum absolute atomic E-state index is 0.0152. The van der Waals surface area contributed by atoms with Crippen molar-refractivity contribution in [2.24, 2.45) is 0 Å². The van der Waals surface area contributed by atoms with Gasteiger partial charge in [-0.15, -0.1) is 0 Å². The quantitative estimate of drug-likeness (QED) is 0.755. The Kier molecular flexibility index (Phi) is 5.79. The van der Waals surface area contributed by atoms with Gasteiger partial charge in [-0.1, -0.05) is 32.4 Å². The first-order chi connectivity index (χ1) is 11.9. The number of benzene rings is 1. The van der Waals surface area contributed by atoms with Crippen molar-refractivity contribution in [2.45, 2.75) is 45.4 Å². The van der Waals surface area contributed by atoms with E-state index in [2.05, 4.69) is 39.0 Å². The molecule has 0 aliphatic carbocycles. The molecule has 1 N–H and O–H groups in total. The molecule has 2 aromatic rings. The minimum atomic E-state index is -1.88. The average molecular weight is 398 g/mol. The largest absolute Gasteiger partial charge is 0.478 e. The zero-order valence-corrected chi connectivity index (χ0v) is 17.4. The third kappa shape index (κ3) is 4.25. The summed E-state index contributed by atoms with van der Waals surface area (Å²) in [6.45, 7) is 11.5. The fourth-order valence-corrected chi connectivity index (χ4v) is 3.39. The van der Waals surface area contributed by atoms with Crippen LogP contribution in [0.5, 0.6) is 0 Å². The summed E-state index contributed by atoms with van der Waals surface area (Å²) in [6, 6.07) is 4.32. The van der Waals surface area contributed by atoms with Gasteiger partial charge in [-0.3, -0.25) is 0 Å². The van der Waals surface area contributed by atoms with Gasteiger partial charge in [0.15, 0.2) is 8.32 Å². The van der Waals surface area contributed by atoms with E-state index < -0.39 is 14.3 Å². The number of halogens is 1. The predicted molar refractivity (Wildman–Crippen MR) is 103 cm³/mol. The van der Waals surface area contributed by atoms with Gasteiger partial charge in [0, 0.05) is 0 Å². The average Bonchev–Trinajstić information content (AvgIpc) is 2.86. The van der Waals surface area contributed by atoms with Gasteiger partial charge >= 0.3 is 11.7 Å². The standard InChI is InChI=1S/C17H24ClN3O4Si/c1-17(2,3)26(4,5)25-9-8-21-16(24)20(11-19-21)12-6-7-13(15(22)23)14(18)10-12/h6-7,10-11H,8-9H2,1-5H3,(H,22,23). The molecule has 7 nitrogen and oxygen atoms in total. The number of hydrogen-bond acceptors (Lipinski definition) is 4. The Bertz CT molecular complexity index is 868. The molecule has 0 saturated heterocycles. The summed E-state index contributed by atoms with van der Waals surface area (Å²) in [6.07, 6.45) is 1.39. The number of carboxylic acids is 1. The Morgan fingerprint density at radius 3 is 2.54 bits per heavy atom. The van der Waals surface area contributed by atoms with E-state index in [4.69, 9.17) is 21.1 Å². The third-order valence-corrected chi connectivity index (χ3v) is 9.62. The summed E-state index contributed by atoms with van der Waals surface area (Å²) in [4.78, 5) is 23.5. The maximum absolute atomic E-state index is 12.5. The van der Waals surface area contributed by atoms with Crippen LogP contribution in [-0.2, 0) is 11.0 Å². The zero-order chi connectivity index (χ0) is 19.7. The second-order valence-electron chi connectivity index (χ2n) is 7.58. The second-order valence-corrected chi connectivity index (χ2v) is 12.8. The van der Waals surface area contributed by atoms with E-state index in [0.717, 1.165) is 0 Å². The van der Waals surface area contributed by atoms with Crippen LogP contribution in [-0.4, -0.2) is 40.3 Å². The van der Waals surface area contributed by atoms with Crippen LogP contribution in [0, 0.1) is 0 Å². The number of aromatic nitrogens is 3. The van der Waals surface area contributed by atoms with Gasteiger partial charge in [0.05, 0.1) is 29.4 Å². The molecule has 0 unspecified atom stereocenters. The summed E-state index contributed by atoms with van der Waals surface area (Å²) in [7, 11) is -1.88. The first-order valence-electron chi connectivity index (χ1n) is 8.26. The fourth-order valence-electron chi connectivity index (χ4n) is 2.10. The van der Waals surface area contributed by atoms with Crippen molar-refractivity contribution < 1.29 is 14.3 Å². The highest BCUT2D eigenvalue weighted by Crippen LogP contribution is 2.36. The Morgan fingerprint density at radius 2 is 2.00 bits per heavy atom. The number of nitrogens with zero attached hydrogens (tertiary/aromatic N) is 3. The van der Waals surface area contributed by atoms with Crippen molar-refractivity contribution >= 4 is 25.9 Å². The lowest BCUT2D eigenvalue weighted by molar-refractivity contribution is 0.0697. The molecule has 0 amide bonds. The van der Waals surface area contributed by atoms with Gasteiger partial charge in [0.1, 0.15) is 6.33 Å². The molecular weight excluding hydrogens is 374 g/mol. The van der Waals surface area contributed by atoms with Crippen LogP contribution in [0.1, 0.15) is 31.1 Å². The maximum atomic E-state index is 12.5. The highest BCUT2D eigenvalue weighted by Gasteiger charge is 2.36. The normalized spacial score (nSPS) is 12.4. The van der Waals surface area contributed by atoms with Gasteiger partial charge in [-0.2, -0.15) is 5.10 Å². The summed E-state index contributed by atoms with van der Waals surface area (Å²) in [5.41, 5.74) is 0.114. The minimum Gasteiger partial charge on any atom is -0.478 e. The van der Waals surface area contributed by atoms with Crippen LogP contribution in [0.4, 0.5) is 0 Å². The SMILES string of the molecule is CC(C)(C)[Si](C)(C)OCCn1ncn(-c2ccc(C(=O)O)c(Cl)c2)c1=O. The highest BCUT2D eigenvalue weighted by molar-refractivity contribution is 6.74. The van der Waals surface area contributed by atoms with Crippen LogP contribution in [0.2, 0.25) is 23.2 Å². The molecule has 0 aliphatic rings. The second kappa shape index (κ2) is 7.38. The Balaban J connectivity index is 2.15. The van der Waals surface area contributed by atoms with Gasteiger partial charge < -0.3 is 9.53 Å². The van der Waals surface area contributed by atoms with Crippen molar-refractivity contribution in [1.82, 2.24) is 14.3 Å². The van der Waals surface area contributed by atoms with Crippen molar-refractivity contribution in [1.29, 1.82) is 0 Å². The topological polar surface area (TPSA) is 86.3 Å². The molecule has 0 atom stereocenters. The van der Waals surface area contributed by atoms with Crippen LogP contribution in [0.3, 0.4) is 0 Å². The van der Waals surface area contributed by atoms with Gasteiger partial charge in [-0.25, -0.2) is 18.8 Å². The first kappa shape index (κ1) is 20.4. The Hall–Kier alpha value is -1.90. The number of aromatic carboxylic acids is 1. The lowest BCUT2D eigenvalue weighted by Gasteiger charge is -2.36. The maximum Gasteiger partial charge on any atom is 0.350 e. The molecular formula is C17H24ClN3O4Si. The molecule has 0 bridgehead atoms. The van der Waals surface area contributed by atoms with Crippen LogP contribution >= 0.6 is 11.6 Å². The number of carboxylic acid groups (broad SMARTS) is 1. The molecule has 9 heteroatoms. The predicted octanol–water partition coefficient (Wildman–Crippen LogP) is 3.41. The van der Waals surface area contributed by atoms with Gasteiger partial charge in [0.2, 0.25) is 0 Å². The fraction of sp³-hybridized carbons (Fsp3) is 0.471. The molecule has 1 aromatic heterocycles. The van der Waals surface area contributed by atoms with E-state index in [-0.39, 0.29) is 21.3 Å². The van der Waals surface area contributed by atoms with Crippen LogP contribution < -0.4 is 5.69 Å². The monoisotopic (exact) mass is 397 g/mol. The number of carbonyl (C=O) groups is 1. The van der Waals surface area contributed by atoms with Crippen molar-refractivity contribution in [3.05, 3.63) is 45.6 Å². The lowest BCUT2D eigenvalue weighted by Crippen LogP contribution is -2.42. The molecule has 0 aliphatic heterocycles. The van der Waals surface area contributed by atoms with Crippen LogP contribution in [0.25, 0.3) is 5.69 Å². The van der Waals surface area contributed by atoms with E-state index in [1.807, 2.05) is 0 Å². The molecule has 1 heterocycles.